The smallest absolute Gasteiger partial charge is 0.277 e. The minimum Gasteiger partial charge on any atom is -0.330 e. The normalized spacial score (nSPS) is 12.5. The Kier molecular flexibility index (Phi) is 4.91. The molecule has 2 aromatic heterocycles. The molecule has 31 heavy (non-hydrogen) atoms. The summed E-state index contributed by atoms with van der Waals surface area (Å²) in [4.78, 5) is 18.4. The zero-order chi connectivity index (χ0) is 21.4. The molecule has 0 bridgehead atoms. The van der Waals surface area contributed by atoms with Crippen LogP contribution in [-0.2, 0) is 13.1 Å². The maximum atomic E-state index is 13.7. The van der Waals surface area contributed by atoms with E-state index in [-0.39, 0.29) is 11.5 Å². The highest BCUT2D eigenvalue weighted by molar-refractivity contribution is 6.05. The van der Waals surface area contributed by atoms with Crippen LogP contribution in [0.2, 0.25) is 0 Å². The van der Waals surface area contributed by atoms with Crippen LogP contribution in [0.15, 0.2) is 90.0 Å². The van der Waals surface area contributed by atoms with Crippen LogP contribution in [-0.4, -0.2) is 14.1 Å². The summed E-state index contributed by atoms with van der Waals surface area (Å²) < 4.78 is 3.88. The van der Waals surface area contributed by atoms with Gasteiger partial charge in [0, 0.05) is 18.5 Å². The summed E-state index contributed by atoms with van der Waals surface area (Å²) in [6.07, 6.45) is 1.71. The lowest BCUT2D eigenvalue weighted by Crippen LogP contribution is -2.24. The lowest BCUT2D eigenvalue weighted by Gasteiger charge is -2.14. The van der Waals surface area contributed by atoms with Gasteiger partial charge in [-0.25, -0.2) is 4.98 Å². The van der Waals surface area contributed by atoms with Gasteiger partial charge in [0.25, 0.3) is 5.56 Å². The number of benzene rings is 3. The predicted molar refractivity (Wildman–Crippen MR) is 127 cm³/mol. The van der Waals surface area contributed by atoms with Gasteiger partial charge in [0.05, 0.1) is 11.8 Å². The summed E-state index contributed by atoms with van der Waals surface area (Å²) in [6, 6.07) is 26.9. The third kappa shape index (κ3) is 3.55. The Balaban J connectivity index is 1.67. The van der Waals surface area contributed by atoms with Crippen LogP contribution >= 0.6 is 0 Å². The summed E-state index contributed by atoms with van der Waals surface area (Å²) in [7, 11) is 0. The Labute approximate surface area is 181 Å². The van der Waals surface area contributed by atoms with Crippen molar-refractivity contribution in [2.75, 3.05) is 0 Å². The third-order valence-electron chi connectivity index (χ3n) is 6.00. The average molecular weight is 408 g/mol. The largest absolute Gasteiger partial charge is 0.330 e. The van der Waals surface area contributed by atoms with Crippen LogP contribution in [0.25, 0.3) is 21.9 Å². The monoisotopic (exact) mass is 407 g/mol. The van der Waals surface area contributed by atoms with Gasteiger partial charge >= 0.3 is 0 Å². The molecule has 1 atom stereocenters. The van der Waals surface area contributed by atoms with Crippen LogP contribution in [0.5, 0.6) is 0 Å². The van der Waals surface area contributed by atoms with E-state index in [1.807, 2.05) is 36.4 Å². The van der Waals surface area contributed by atoms with Gasteiger partial charge in [-0.15, -0.1) is 0 Å². The number of hydrogen-bond acceptors (Lipinski definition) is 2. The fourth-order valence-corrected chi connectivity index (χ4v) is 4.36. The predicted octanol–water partition coefficient (Wildman–Crippen LogP) is 5.51. The summed E-state index contributed by atoms with van der Waals surface area (Å²) >= 11 is 0. The second-order valence-electron chi connectivity index (χ2n) is 8.30. The van der Waals surface area contributed by atoms with Crippen molar-refractivity contribution in [3.8, 4) is 0 Å². The van der Waals surface area contributed by atoms with Gasteiger partial charge in [0.2, 0.25) is 0 Å². The molecule has 5 aromatic rings. The van der Waals surface area contributed by atoms with Gasteiger partial charge in [0.15, 0.2) is 0 Å². The summed E-state index contributed by atoms with van der Waals surface area (Å²) in [6.45, 7) is 5.45. The number of nitrogens with zero attached hydrogens (tertiary/aromatic N) is 3. The van der Waals surface area contributed by atoms with Crippen molar-refractivity contribution in [2.24, 2.45) is 0 Å². The fourth-order valence-electron chi connectivity index (χ4n) is 4.36. The van der Waals surface area contributed by atoms with Gasteiger partial charge < -0.3 is 4.57 Å². The minimum atomic E-state index is 0.0116. The molecule has 3 aromatic carbocycles. The molecule has 0 amide bonds. The molecule has 5 rings (SSSR count). The van der Waals surface area contributed by atoms with E-state index in [9.17, 15) is 4.79 Å². The SMILES string of the molecule is Cc1ccc2c(c1)c1ncn(CC(C)c3ccccc3)c(=O)c1n2Cc1ccccc1. The molecule has 4 nitrogen and oxygen atoms in total. The number of rotatable bonds is 5. The standard InChI is InChI=1S/C27H25N3O/c1-19-13-14-24-23(15-19)25-26(30(24)17-21-9-5-3-6-10-21)27(31)29(18-28-25)16-20(2)22-11-7-4-8-12-22/h3-15,18,20H,16-17H2,1-2H3. The van der Waals surface area contributed by atoms with E-state index in [0.29, 0.717) is 18.6 Å². The van der Waals surface area contributed by atoms with E-state index in [0.717, 1.165) is 27.5 Å². The first kappa shape index (κ1) is 19.3. The molecule has 1 unspecified atom stereocenters. The molecular weight excluding hydrogens is 382 g/mol. The van der Waals surface area contributed by atoms with Gasteiger partial charge in [-0.05, 0) is 36.1 Å². The zero-order valence-electron chi connectivity index (χ0n) is 17.8. The third-order valence-corrected chi connectivity index (χ3v) is 6.00. The Bertz CT molecular complexity index is 1420. The number of hydrogen-bond donors (Lipinski definition) is 0. The Morgan fingerprint density at radius 1 is 0.935 bits per heavy atom. The van der Waals surface area contributed by atoms with Crippen molar-refractivity contribution >= 4 is 21.9 Å². The second-order valence-corrected chi connectivity index (χ2v) is 8.30. The van der Waals surface area contributed by atoms with Crippen LogP contribution in [0.4, 0.5) is 0 Å². The van der Waals surface area contributed by atoms with Gasteiger partial charge in [0.1, 0.15) is 11.0 Å². The maximum Gasteiger partial charge on any atom is 0.277 e. The molecule has 0 spiro atoms. The minimum absolute atomic E-state index is 0.0116. The molecule has 0 N–H and O–H groups in total. The van der Waals surface area contributed by atoms with Crippen molar-refractivity contribution in [2.45, 2.75) is 32.9 Å². The van der Waals surface area contributed by atoms with Crippen molar-refractivity contribution < 1.29 is 0 Å². The van der Waals surface area contributed by atoms with Crippen LogP contribution in [0.1, 0.15) is 29.5 Å². The molecule has 0 aliphatic heterocycles. The van der Waals surface area contributed by atoms with E-state index in [1.54, 1.807) is 10.9 Å². The molecule has 154 valence electrons. The highest BCUT2D eigenvalue weighted by Gasteiger charge is 2.18. The summed E-state index contributed by atoms with van der Waals surface area (Å²) in [5.41, 5.74) is 6.05. The Morgan fingerprint density at radius 2 is 1.65 bits per heavy atom. The number of aromatic nitrogens is 3. The number of fused-ring (bicyclic) bond motifs is 3. The lowest BCUT2D eigenvalue weighted by atomic mass is 10.0. The van der Waals surface area contributed by atoms with E-state index in [1.165, 1.54) is 5.56 Å². The zero-order valence-corrected chi connectivity index (χ0v) is 17.8. The molecular formula is C27H25N3O. The van der Waals surface area contributed by atoms with Crippen molar-refractivity contribution in [1.82, 2.24) is 14.1 Å². The molecule has 0 aliphatic rings. The summed E-state index contributed by atoms with van der Waals surface area (Å²) in [5, 5.41) is 1.03. The van der Waals surface area contributed by atoms with E-state index in [2.05, 4.69) is 60.9 Å². The fraction of sp³-hybridized carbons (Fsp3) is 0.185. The first-order chi connectivity index (χ1) is 15.1. The maximum absolute atomic E-state index is 13.7. The first-order valence-electron chi connectivity index (χ1n) is 10.7. The van der Waals surface area contributed by atoms with E-state index in [4.69, 9.17) is 4.98 Å². The van der Waals surface area contributed by atoms with Crippen LogP contribution in [0.3, 0.4) is 0 Å². The van der Waals surface area contributed by atoms with Gasteiger partial charge in [-0.2, -0.15) is 0 Å². The second kappa shape index (κ2) is 7.88. The van der Waals surface area contributed by atoms with Gasteiger partial charge in [-0.1, -0.05) is 79.2 Å². The highest BCUT2D eigenvalue weighted by atomic mass is 16.1. The van der Waals surface area contributed by atoms with Crippen LogP contribution in [0, 0.1) is 6.92 Å². The molecule has 0 fully saturated rings. The van der Waals surface area contributed by atoms with Crippen molar-refractivity contribution in [3.63, 3.8) is 0 Å². The van der Waals surface area contributed by atoms with Crippen molar-refractivity contribution in [1.29, 1.82) is 0 Å². The topological polar surface area (TPSA) is 39.8 Å². The Morgan fingerprint density at radius 3 is 2.39 bits per heavy atom. The average Bonchev–Trinajstić information content (AvgIpc) is 3.10. The quantitative estimate of drug-likeness (QED) is 0.385. The molecule has 0 radical (unpaired) electrons. The van der Waals surface area contributed by atoms with E-state index < -0.39 is 0 Å². The van der Waals surface area contributed by atoms with E-state index >= 15 is 0 Å². The molecule has 0 saturated heterocycles. The summed E-state index contributed by atoms with van der Waals surface area (Å²) in [5.74, 6) is 0.215. The van der Waals surface area contributed by atoms with Crippen molar-refractivity contribution in [3.05, 3.63) is 112 Å². The molecule has 0 saturated carbocycles. The number of aryl methyl sites for hydroxylation is 1. The highest BCUT2D eigenvalue weighted by Crippen LogP contribution is 2.27. The first-order valence-corrected chi connectivity index (χ1v) is 10.7. The van der Waals surface area contributed by atoms with Crippen LogP contribution < -0.4 is 5.56 Å². The van der Waals surface area contributed by atoms with Gasteiger partial charge in [-0.3, -0.25) is 9.36 Å². The Hall–Kier alpha value is -3.66. The molecule has 0 aliphatic carbocycles. The molecule has 2 heterocycles. The lowest BCUT2D eigenvalue weighted by molar-refractivity contribution is 0.575. The molecule has 4 heteroatoms.